The van der Waals surface area contributed by atoms with Crippen LogP contribution in [0.2, 0.25) is 0 Å². The summed E-state index contributed by atoms with van der Waals surface area (Å²) in [5.74, 6) is 0.225. The Hall–Kier alpha value is -1.70. The van der Waals surface area contributed by atoms with Crippen molar-refractivity contribution in [1.82, 2.24) is 14.5 Å². The number of ether oxygens (including phenoxy) is 1. The second-order valence-electron chi connectivity index (χ2n) is 5.89. The highest BCUT2D eigenvalue weighted by molar-refractivity contribution is 7.89. The normalized spacial score (nSPS) is 18.4. The van der Waals surface area contributed by atoms with Gasteiger partial charge in [-0.25, -0.2) is 13.1 Å². The Morgan fingerprint density at radius 2 is 2.22 bits per heavy atom. The molecule has 0 bridgehead atoms. The molecule has 2 heterocycles. The van der Waals surface area contributed by atoms with Gasteiger partial charge in [-0.05, 0) is 23.5 Å². The number of aromatic nitrogens is 2. The molecule has 1 atom stereocenters. The molecule has 7 heteroatoms. The molecule has 0 radical (unpaired) electrons. The van der Waals surface area contributed by atoms with Gasteiger partial charge in [0, 0.05) is 32.0 Å². The van der Waals surface area contributed by atoms with E-state index in [-0.39, 0.29) is 18.2 Å². The maximum atomic E-state index is 12.2. The van der Waals surface area contributed by atoms with Crippen molar-refractivity contribution in [2.45, 2.75) is 13.0 Å². The maximum absolute atomic E-state index is 12.2. The number of hydrogen-bond donors (Lipinski definition) is 1. The molecule has 1 aromatic carbocycles. The number of nitrogens with zero attached hydrogens (tertiary/aromatic N) is 2. The van der Waals surface area contributed by atoms with Crippen LogP contribution in [0.5, 0.6) is 0 Å². The summed E-state index contributed by atoms with van der Waals surface area (Å²) in [5.41, 5.74) is 2.91. The van der Waals surface area contributed by atoms with Gasteiger partial charge < -0.3 is 4.74 Å². The fraction of sp³-hybridized carbons (Fsp3) is 0.438. The van der Waals surface area contributed by atoms with Gasteiger partial charge in [-0.1, -0.05) is 24.3 Å². The molecular weight excluding hydrogens is 314 g/mol. The molecule has 1 N–H and O–H groups in total. The smallest absolute Gasteiger partial charge is 0.212 e. The number of benzene rings is 1. The molecule has 6 nitrogen and oxygen atoms in total. The van der Waals surface area contributed by atoms with E-state index < -0.39 is 10.0 Å². The van der Waals surface area contributed by atoms with E-state index in [1.807, 2.05) is 37.5 Å². The maximum Gasteiger partial charge on any atom is 0.212 e. The van der Waals surface area contributed by atoms with Crippen LogP contribution < -0.4 is 4.72 Å². The fourth-order valence-corrected chi connectivity index (χ4v) is 4.16. The summed E-state index contributed by atoms with van der Waals surface area (Å²) in [5, 5.41) is 4.18. The van der Waals surface area contributed by atoms with Crippen LogP contribution >= 0.6 is 0 Å². The van der Waals surface area contributed by atoms with Gasteiger partial charge in [0.25, 0.3) is 0 Å². The molecule has 0 aliphatic carbocycles. The quantitative estimate of drug-likeness (QED) is 0.869. The first-order valence-corrected chi connectivity index (χ1v) is 9.31. The number of aryl methyl sites for hydroxylation is 1. The molecule has 1 unspecified atom stereocenters. The van der Waals surface area contributed by atoms with E-state index in [4.69, 9.17) is 4.74 Å². The third-order valence-corrected chi connectivity index (χ3v) is 5.49. The highest BCUT2D eigenvalue weighted by atomic mass is 32.2. The van der Waals surface area contributed by atoms with Crippen molar-refractivity contribution in [1.29, 1.82) is 0 Å². The second kappa shape index (κ2) is 6.82. The summed E-state index contributed by atoms with van der Waals surface area (Å²) in [6.07, 6.45) is 4.51. The Morgan fingerprint density at radius 1 is 1.39 bits per heavy atom. The minimum Gasteiger partial charge on any atom is -0.381 e. The minimum absolute atomic E-state index is 0.0982. The topological polar surface area (TPSA) is 73.2 Å². The molecule has 124 valence electrons. The van der Waals surface area contributed by atoms with Crippen molar-refractivity contribution in [3.8, 4) is 11.1 Å². The largest absolute Gasteiger partial charge is 0.381 e. The molecular formula is C16H21N3O3S. The molecule has 0 saturated carbocycles. The molecule has 1 saturated heterocycles. The van der Waals surface area contributed by atoms with Crippen LogP contribution in [0.4, 0.5) is 0 Å². The SMILES string of the molecule is Cn1cc(-c2ccccc2CNS(=O)(=O)CC2CCOC2)cn1. The van der Waals surface area contributed by atoms with Crippen LogP contribution in [0.1, 0.15) is 12.0 Å². The van der Waals surface area contributed by atoms with Crippen molar-refractivity contribution in [2.75, 3.05) is 19.0 Å². The second-order valence-corrected chi connectivity index (χ2v) is 7.74. The Kier molecular flexibility index (Phi) is 4.79. The first-order chi connectivity index (χ1) is 11.0. The molecule has 3 rings (SSSR count). The summed E-state index contributed by atoms with van der Waals surface area (Å²) in [6, 6.07) is 7.76. The van der Waals surface area contributed by atoms with E-state index in [1.54, 1.807) is 10.9 Å². The standard InChI is InChI=1S/C16H21N3O3S/c1-19-10-15(8-17-19)16-5-3-2-4-14(16)9-18-23(20,21)12-13-6-7-22-11-13/h2-5,8,10,13,18H,6-7,9,11-12H2,1H3. The molecule has 1 aromatic heterocycles. The van der Waals surface area contributed by atoms with Crippen LogP contribution in [-0.2, 0) is 28.4 Å². The Labute approximate surface area is 136 Å². The lowest BCUT2D eigenvalue weighted by atomic mass is 10.0. The van der Waals surface area contributed by atoms with E-state index in [9.17, 15) is 8.42 Å². The highest BCUT2D eigenvalue weighted by Gasteiger charge is 2.23. The lowest BCUT2D eigenvalue weighted by Crippen LogP contribution is -2.29. The van der Waals surface area contributed by atoms with Gasteiger partial charge in [-0.2, -0.15) is 5.10 Å². The van der Waals surface area contributed by atoms with Gasteiger partial charge in [0.1, 0.15) is 0 Å². The molecule has 23 heavy (non-hydrogen) atoms. The molecule has 2 aromatic rings. The lowest BCUT2D eigenvalue weighted by molar-refractivity contribution is 0.188. The number of rotatable bonds is 6. The summed E-state index contributed by atoms with van der Waals surface area (Å²) < 4.78 is 34.1. The molecule has 0 spiro atoms. The average Bonchev–Trinajstić information content (AvgIpc) is 3.17. The zero-order valence-corrected chi connectivity index (χ0v) is 13.9. The van der Waals surface area contributed by atoms with Gasteiger partial charge in [-0.3, -0.25) is 4.68 Å². The first kappa shape index (κ1) is 16.2. The van der Waals surface area contributed by atoms with Crippen LogP contribution in [-0.4, -0.2) is 37.2 Å². The summed E-state index contributed by atoms with van der Waals surface area (Å²) in [4.78, 5) is 0. The third-order valence-electron chi connectivity index (χ3n) is 3.99. The average molecular weight is 335 g/mol. The van der Waals surface area contributed by atoms with Gasteiger partial charge in [0.15, 0.2) is 0 Å². The van der Waals surface area contributed by atoms with Crippen LogP contribution in [0, 0.1) is 5.92 Å². The highest BCUT2D eigenvalue weighted by Crippen LogP contribution is 2.23. The van der Waals surface area contributed by atoms with E-state index in [1.165, 1.54) is 0 Å². The Bertz CT molecular complexity index is 764. The lowest BCUT2D eigenvalue weighted by Gasteiger charge is -2.12. The minimum atomic E-state index is -3.31. The molecule has 1 aliphatic rings. The summed E-state index contributed by atoms with van der Waals surface area (Å²) in [6.45, 7) is 1.47. The van der Waals surface area contributed by atoms with Crippen LogP contribution in [0.3, 0.4) is 0 Å². The first-order valence-electron chi connectivity index (χ1n) is 7.65. The molecule has 1 fully saturated rings. The summed E-state index contributed by atoms with van der Waals surface area (Å²) in [7, 11) is -1.45. The molecule has 0 amide bonds. The number of nitrogens with one attached hydrogen (secondary N) is 1. The summed E-state index contributed by atoms with van der Waals surface area (Å²) >= 11 is 0. The fourth-order valence-electron chi connectivity index (χ4n) is 2.79. The van der Waals surface area contributed by atoms with Crippen molar-refractivity contribution in [3.63, 3.8) is 0 Å². The van der Waals surface area contributed by atoms with Crippen molar-refractivity contribution < 1.29 is 13.2 Å². The van der Waals surface area contributed by atoms with E-state index in [2.05, 4.69) is 9.82 Å². The zero-order chi connectivity index (χ0) is 16.3. The van der Waals surface area contributed by atoms with Crippen molar-refractivity contribution in [3.05, 3.63) is 42.2 Å². The number of hydrogen-bond acceptors (Lipinski definition) is 4. The predicted molar refractivity (Wildman–Crippen MR) is 88.2 cm³/mol. The van der Waals surface area contributed by atoms with Gasteiger partial charge in [0.2, 0.25) is 10.0 Å². The van der Waals surface area contributed by atoms with Gasteiger partial charge >= 0.3 is 0 Å². The van der Waals surface area contributed by atoms with Gasteiger partial charge in [0.05, 0.1) is 18.6 Å². The van der Waals surface area contributed by atoms with Crippen molar-refractivity contribution >= 4 is 10.0 Å². The van der Waals surface area contributed by atoms with E-state index in [0.29, 0.717) is 13.2 Å². The Morgan fingerprint density at radius 3 is 2.91 bits per heavy atom. The van der Waals surface area contributed by atoms with Gasteiger partial charge in [-0.15, -0.1) is 0 Å². The monoisotopic (exact) mass is 335 g/mol. The third kappa shape index (κ3) is 4.19. The molecule has 1 aliphatic heterocycles. The van der Waals surface area contributed by atoms with E-state index in [0.717, 1.165) is 23.1 Å². The van der Waals surface area contributed by atoms with Crippen LogP contribution in [0.15, 0.2) is 36.7 Å². The van der Waals surface area contributed by atoms with Crippen LogP contribution in [0.25, 0.3) is 11.1 Å². The van der Waals surface area contributed by atoms with Crippen molar-refractivity contribution in [2.24, 2.45) is 13.0 Å². The number of sulfonamides is 1. The zero-order valence-electron chi connectivity index (χ0n) is 13.1. The Balaban J connectivity index is 1.70. The predicted octanol–water partition coefficient (Wildman–Crippen LogP) is 1.54. The van der Waals surface area contributed by atoms with E-state index >= 15 is 0 Å².